The van der Waals surface area contributed by atoms with Gasteiger partial charge < -0.3 is 9.88 Å². The van der Waals surface area contributed by atoms with Crippen molar-refractivity contribution in [2.45, 2.75) is 32.2 Å². The Balaban J connectivity index is 1.48. The van der Waals surface area contributed by atoms with Crippen molar-refractivity contribution in [1.82, 2.24) is 14.9 Å². The summed E-state index contributed by atoms with van der Waals surface area (Å²) in [6.07, 6.45) is 4.64. The number of carbonyl (C=O) groups excluding carboxylic acids is 1. The van der Waals surface area contributed by atoms with Crippen molar-refractivity contribution in [2.24, 2.45) is 0 Å². The molecule has 186 valence electrons. The largest absolute Gasteiger partial charge is 0.356 e. The number of hydrogen-bond donors (Lipinski definition) is 1. The van der Waals surface area contributed by atoms with Gasteiger partial charge in [-0.15, -0.1) is 0 Å². The summed E-state index contributed by atoms with van der Waals surface area (Å²) in [5.74, 6) is -0.824. The predicted molar refractivity (Wildman–Crippen MR) is 146 cm³/mol. The summed E-state index contributed by atoms with van der Waals surface area (Å²) >= 11 is 0. The highest BCUT2D eigenvalue weighted by molar-refractivity contribution is 5.87. The van der Waals surface area contributed by atoms with E-state index < -0.39 is 5.92 Å². The Morgan fingerprint density at radius 2 is 1.73 bits per heavy atom. The standard InChI is InChI=1S/C32H30FN3O/c1-23-14-15-30(33)28(19-23)27(20-32(37)35-18-16-25-11-7-8-17-34-25)29-22-36(21-24-9-3-2-4-10-24)31-13-6-5-12-26(29)31/h2-15,17,19,22,27H,16,18,20-21H2,1H3,(H,35,37). The zero-order chi connectivity index (χ0) is 25.6. The zero-order valence-corrected chi connectivity index (χ0v) is 20.9. The zero-order valence-electron chi connectivity index (χ0n) is 20.9. The van der Waals surface area contributed by atoms with Gasteiger partial charge in [-0.25, -0.2) is 4.39 Å². The molecule has 1 N–H and O–H groups in total. The molecule has 2 heterocycles. The first-order valence-electron chi connectivity index (χ1n) is 12.6. The SMILES string of the molecule is Cc1ccc(F)c(C(CC(=O)NCCc2ccccn2)c2cn(Cc3ccccc3)c3ccccc23)c1. The topological polar surface area (TPSA) is 46.9 Å². The number of halogens is 1. The average molecular weight is 492 g/mol. The highest BCUT2D eigenvalue weighted by Gasteiger charge is 2.25. The first-order chi connectivity index (χ1) is 18.1. The molecule has 2 aromatic heterocycles. The smallest absolute Gasteiger partial charge is 0.220 e. The monoisotopic (exact) mass is 491 g/mol. The molecule has 0 aliphatic heterocycles. The molecule has 0 bridgehead atoms. The van der Waals surface area contributed by atoms with Crippen LogP contribution in [0.4, 0.5) is 4.39 Å². The van der Waals surface area contributed by atoms with Crippen LogP contribution in [0.15, 0.2) is 103 Å². The van der Waals surface area contributed by atoms with Gasteiger partial charge >= 0.3 is 0 Å². The van der Waals surface area contributed by atoms with Gasteiger partial charge in [0, 0.05) is 60.8 Å². The molecule has 1 amide bonds. The summed E-state index contributed by atoms with van der Waals surface area (Å²) in [4.78, 5) is 17.5. The first-order valence-corrected chi connectivity index (χ1v) is 12.6. The summed E-state index contributed by atoms with van der Waals surface area (Å²) in [5, 5.41) is 4.05. The number of nitrogens with zero attached hydrogens (tertiary/aromatic N) is 2. The van der Waals surface area contributed by atoms with Crippen molar-refractivity contribution < 1.29 is 9.18 Å². The van der Waals surface area contributed by atoms with E-state index in [1.807, 2.05) is 61.5 Å². The van der Waals surface area contributed by atoms with Crippen LogP contribution >= 0.6 is 0 Å². The third kappa shape index (κ3) is 5.78. The lowest BCUT2D eigenvalue weighted by Gasteiger charge is -2.19. The van der Waals surface area contributed by atoms with E-state index in [0.29, 0.717) is 25.1 Å². The van der Waals surface area contributed by atoms with E-state index in [0.717, 1.165) is 27.7 Å². The maximum absolute atomic E-state index is 15.2. The fourth-order valence-corrected chi connectivity index (χ4v) is 4.92. The van der Waals surface area contributed by atoms with Crippen LogP contribution < -0.4 is 5.32 Å². The maximum atomic E-state index is 15.2. The van der Waals surface area contributed by atoms with E-state index in [-0.39, 0.29) is 18.1 Å². The number of hydrogen-bond acceptors (Lipinski definition) is 2. The van der Waals surface area contributed by atoms with E-state index in [1.165, 1.54) is 11.6 Å². The van der Waals surface area contributed by atoms with Gasteiger partial charge in [0.05, 0.1) is 0 Å². The van der Waals surface area contributed by atoms with Gasteiger partial charge in [0.15, 0.2) is 0 Å². The molecule has 0 radical (unpaired) electrons. The van der Waals surface area contributed by atoms with Crippen LogP contribution in [0.2, 0.25) is 0 Å². The van der Waals surface area contributed by atoms with E-state index in [1.54, 1.807) is 12.3 Å². The fourth-order valence-electron chi connectivity index (χ4n) is 4.92. The molecular formula is C32H30FN3O. The average Bonchev–Trinajstić information content (AvgIpc) is 3.28. The number of rotatable bonds is 9. The third-order valence-electron chi connectivity index (χ3n) is 6.74. The molecule has 0 saturated carbocycles. The summed E-state index contributed by atoms with van der Waals surface area (Å²) < 4.78 is 17.4. The second kappa shape index (κ2) is 11.2. The van der Waals surface area contributed by atoms with Gasteiger partial charge in [-0.3, -0.25) is 9.78 Å². The van der Waals surface area contributed by atoms with Crippen LogP contribution in [0, 0.1) is 12.7 Å². The fraction of sp³-hybridized carbons (Fsp3) is 0.188. The number of carbonyl (C=O) groups is 1. The molecule has 0 fully saturated rings. The van der Waals surface area contributed by atoms with Crippen molar-refractivity contribution in [1.29, 1.82) is 0 Å². The molecule has 1 unspecified atom stereocenters. The van der Waals surface area contributed by atoms with Crippen LogP contribution in [0.3, 0.4) is 0 Å². The highest BCUT2D eigenvalue weighted by atomic mass is 19.1. The number of para-hydroxylation sites is 1. The van der Waals surface area contributed by atoms with E-state index >= 15 is 4.39 Å². The van der Waals surface area contributed by atoms with Crippen LogP contribution in [0.25, 0.3) is 10.9 Å². The second-order valence-corrected chi connectivity index (χ2v) is 9.42. The molecule has 5 aromatic rings. The molecule has 0 spiro atoms. The number of nitrogens with one attached hydrogen (secondary N) is 1. The number of amides is 1. The van der Waals surface area contributed by atoms with Gasteiger partial charge in [0.25, 0.3) is 0 Å². The van der Waals surface area contributed by atoms with Crippen LogP contribution in [0.5, 0.6) is 0 Å². The Kier molecular flexibility index (Phi) is 7.41. The van der Waals surface area contributed by atoms with Gasteiger partial charge in [0.2, 0.25) is 5.91 Å². The molecule has 3 aromatic carbocycles. The molecule has 1 atom stereocenters. The maximum Gasteiger partial charge on any atom is 0.220 e. The number of aromatic nitrogens is 2. The lowest BCUT2D eigenvalue weighted by atomic mass is 9.87. The minimum absolute atomic E-state index is 0.110. The van der Waals surface area contributed by atoms with Crippen molar-refractivity contribution in [3.63, 3.8) is 0 Å². The van der Waals surface area contributed by atoms with Crippen molar-refractivity contribution in [2.75, 3.05) is 6.54 Å². The first kappa shape index (κ1) is 24.4. The number of benzene rings is 3. The van der Waals surface area contributed by atoms with Crippen LogP contribution in [-0.2, 0) is 17.8 Å². The molecule has 4 nitrogen and oxygen atoms in total. The minimum atomic E-state index is -0.420. The van der Waals surface area contributed by atoms with E-state index in [4.69, 9.17) is 0 Å². The Bertz CT molecular complexity index is 1500. The number of aryl methyl sites for hydroxylation is 1. The molecule has 37 heavy (non-hydrogen) atoms. The Morgan fingerprint density at radius 1 is 0.946 bits per heavy atom. The molecule has 0 saturated heterocycles. The summed E-state index contributed by atoms with van der Waals surface area (Å²) in [6.45, 7) is 3.13. The Labute approximate surface area is 216 Å². The quantitative estimate of drug-likeness (QED) is 0.259. The summed E-state index contributed by atoms with van der Waals surface area (Å²) in [7, 11) is 0. The Morgan fingerprint density at radius 3 is 2.54 bits per heavy atom. The van der Waals surface area contributed by atoms with Gasteiger partial charge in [-0.1, -0.05) is 72.3 Å². The van der Waals surface area contributed by atoms with E-state index in [9.17, 15) is 4.79 Å². The van der Waals surface area contributed by atoms with Gasteiger partial charge in [-0.2, -0.15) is 0 Å². The third-order valence-corrected chi connectivity index (χ3v) is 6.74. The number of fused-ring (bicyclic) bond motifs is 1. The van der Waals surface area contributed by atoms with Gasteiger partial charge in [-0.05, 0) is 47.9 Å². The van der Waals surface area contributed by atoms with Crippen molar-refractivity contribution in [3.05, 3.63) is 137 Å². The highest BCUT2D eigenvalue weighted by Crippen LogP contribution is 2.36. The predicted octanol–water partition coefficient (Wildman–Crippen LogP) is 6.41. The molecular weight excluding hydrogens is 461 g/mol. The molecule has 5 rings (SSSR count). The lowest BCUT2D eigenvalue weighted by molar-refractivity contribution is -0.121. The summed E-state index contributed by atoms with van der Waals surface area (Å²) in [5.41, 5.74) is 5.63. The lowest BCUT2D eigenvalue weighted by Crippen LogP contribution is -2.27. The number of pyridine rings is 1. The van der Waals surface area contributed by atoms with Gasteiger partial charge in [0.1, 0.15) is 5.82 Å². The Hall–Kier alpha value is -4.25. The van der Waals surface area contributed by atoms with E-state index in [2.05, 4.69) is 45.3 Å². The van der Waals surface area contributed by atoms with Crippen molar-refractivity contribution in [3.8, 4) is 0 Å². The molecule has 0 aliphatic rings. The summed E-state index contributed by atoms with van der Waals surface area (Å²) in [6, 6.07) is 29.3. The normalized spacial score (nSPS) is 11.9. The molecule has 5 heteroatoms. The molecule has 0 aliphatic carbocycles. The van der Waals surface area contributed by atoms with Crippen LogP contribution in [-0.4, -0.2) is 22.0 Å². The second-order valence-electron chi connectivity index (χ2n) is 9.42. The minimum Gasteiger partial charge on any atom is -0.356 e. The van der Waals surface area contributed by atoms with Crippen molar-refractivity contribution >= 4 is 16.8 Å². The van der Waals surface area contributed by atoms with Crippen LogP contribution in [0.1, 0.15) is 40.3 Å².